The van der Waals surface area contributed by atoms with Crippen LogP contribution in [0.1, 0.15) is 241 Å². The van der Waals surface area contributed by atoms with Crippen LogP contribution in [0.25, 0.3) is 44.7 Å². The Balaban J connectivity index is 0.000000150. The molecule has 0 radical (unpaired) electrons. The summed E-state index contributed by atoms with van der Waals surface area (Å²) in [5, 5.41) is 47.3. The Morgan fingerprint density at radius 3 is 1.36 bits per heavy atom. The zero-order valence-electron chi connectivity index (χ0n) is 82.0. The maximum Gasteiger partial charge on any atom is 0.417 e. The van der Waals surface area contributed by atoms with Gasteiger partial charge in [-0.3, -0.25) is 19.2 Å². The van der Waals surface area contributed by atoms with Gasteiger partial charge in [0.2, 0.25) is 23.8 Å². The predicted octanol–water partition coefficient (Wildman–Crippen LogP) is 19.6. The van der Waals surface area contributed by atoms with Crippen molar-refractivity contribution in [3.8, 4) is 0 Å². The molecule has 3 aliphatic carbocycles. The number of imidazole rings is 4. The van der Waals surface area contributed by atoms with E-state index in [1.54, 1.807) is 63.1 Å². The van der Waals surface area contributed by atoms with E-state index in [0.29, 0.717) is 149 Å². The number of nitrogens with zero attached hydrogens (tertiary/aromatic N) is 18. The van der Waals surface area contributed by atoms with Gasteiger partial charge in [-0.05, 0) is 194 Å². The van der Waals surface area contributed by atoms with Gasteiger partial charge >= 0.3 is 36.1 Å². The summed E-state index contributed by atoms with van der Waals surface area (Å²) in [6.45, 7) is 21.7. The number of carbonyl (C=O) groups excluding carboxylic acids is 3. The maximum atomic E-state index is 13.4. The first kappa shape index (κ1) is 103. The van der Waals surface area contributed by atoms with E-state index in [9.17, 15) is 48.5 Å². The SMILES string of the molecule is C=CCNc1nc(N(Cc2ccc(C3CCCCC3)cc2)C(=O)OC(C)(C)C)nc2c1ncn2CC(=O)O.CCCCCN(C(=O)OC(C)(C)C)c1nc(NC2CCOCC2)c2ncn(CC(=O)OCC)c2n1.O=C(O)Cn1cnc2c(NCc3ccco3)nc(NCc3ccc(C4CCCCC4)cc3)nc21.O=C(O)Cn1cnc2c(Nc3ccc(F)cc3)nc(NCc3ccc(C4CCCCC4)cc3)nc21. The van der Waals surface area contributed by atoms with Crippen molar-refractivity contribution < 1.29 is 71.8 Å². The number of ether oxygens (including phenoxy) is 4. The van der Waals surface area contributed by atoms with Crippen LogP contribution >= 0.6 is 0 Å². The average Bonchev–Trinajstić information content (AvgIpc) is 1.62. The van der Waals surface area contributed by atoms with Gasteiger partial charge in [-0.1, -0.05) is 156 Å². The number of hydrogen-bond acceptors (Lipinski definition) is 29. The summed E-state index contributed by atoms with van der Waals surface area (Å²) in [5.41, 5.74) is 9.95. The third kappa shape index (κ3) is 29.2. The van der Waals surface area contributed by atoms with Crippen molar-refractivity contribution in [1.29, 1.82) is 0 Å². The molecule has 38 nitrogen and oxygen atoms in total. The topological polar surface area (TPSA) is 466 Å². The van der Waals surface area contributed by atoms with E-state index in [-0.39, 0.29) is 63.1 Å². The summed E-state index contributed by atoms with van der Waals surface area (Å²) in [6.07, 6.45) is 31.7. The Morgan fingerprint density at radius 2 is 0.908 bits per heavy atom. The van der Waals surface area contributed by atoms with Crippen LogP contribution in [0.15, 0.2) is 158 Å². The van der Waals surface area contributed by atoms with Crippen molar-refractivity contribution in [1.82, 2.24) is 78.1 Å². The van der Waals surface area contributed by atoms with Crippen LogP contribution < -0.4 is 41.7 Å². The molecule has 9 aromatic heterocycles. The number of carboxylic acids is 3. The largest absolute Gasteiger partial charge is 0.480 e. The monoisotopic (exact) mass is 1950 g/mol. The van der Waals surface area contributed by atoms with Gasteiger partial charge in [0.25, 0.3) is 0 Å². The minimum Gasteiger partial charge on any atom is -0.480 e. The Hall–Kier alpha value is -14.8. The maximum absolute atomic E-state index is 13.4. The normalized spacial score (nSPS) is 14.4. The molecular weight excluding hydrogens is 1820 g/mol. The van der Waals surface area contributed by atoms with Crippen molar-refractivity contribution in [2.75, 3.05) is 74.6 Å². The van der Waals surface area contributed by atoms with Crippen LogP contribution in [-0.2, 0) is 90.5 Å². The minimum absolute atomic E-state index is 0.0419. The highest BCUT2D eigenvalue weighted by Crippen LogP contribution is 2.38. The standard InChI is InChI=1S/C28H36N6O4.C26H27FN6O2.C25H28N6O3.C24H38N6O5/c1-5-15-29-24-23-25(33(18-30-23)17-22(35)36)32-26(31-24)34(27(37)38-28(2,3)4)16-19-11-13-21(14-12-19)20-9-7-6-8-10-20;27-20-10-12-21(13-11-20)30-24-23-25(33(16-29-23)15-22(34)35)32-26(31-24)28-14-17-6-8-19(9-7-17)18-4-2-1-3-5-18;32-21(33)15-31-16-28-22-23(26-14-20-7-4-12-34-20)29-25(30-24(22)31)27-13-17-8-10-19(11-9-17)18-5-2-1-3-6-18;1-6-8-9-12-30(23(32)35-24(3,4)5)22-27-20(26-17-10-13-33-14-11-17)19-21(28-22)29(16-25-19)15-18(31)34-7-2/h5,11-14,18,20H,1,6-10,15-17H2,2-4H3,(H,35,36)(H,29,31,32);6-13,16,18H,1-5,14-15H2,(H,34,35)(H2,28,30,31,32);4,7-12,16,18H,1-3,5-6,13-15H2,(H,32,33)(H2,26,27,29,30);16-17H,6-15H2,1-5H3,(H,26,27,28). The fraction of sp³-hybridized carbons (Fsp3) is 0.456. The highest BCUT2D eigenvalue weighted by Gasteiger charge is 2.33. The summed E-state index contributed by atoms with van der Waals surface area (Å²) < 4.78 is 46.7. The number of carbonyl (C=O) groups is 6. The van der Waals surface area contributed by atoms with Crippen LogP contribution in [0.3, 0.4) is 0 Å². The zero-order valence-corrected chi connectivity index (χ0v) is 82.0. The van der Waals surface area contributed by atoms with Crippen LogP contribution in [-0.4, -0.2) is 180 Å². The zero-order chi connectivity index (χ0) is 100. The summed E-state index contributed by atoms with van der Waals surface area (Å²) in [4.78, 5) is 130. The Morgan fingerprint density at radius 1 is 0.479 bits per heavy atom. The van der Waals surface area contributed by atoms with E-state index in [1.165, 1.54) is 168 Å². The van der Waals surface area contributed by atoms with Gasteiger partial charge in [0.1, 0.15) is 49.0 Å². The molecule has 1 aliphatic heterocycles. The predicted molar refractivity (Wildman–Crippen MR) is 540 cm³/mol. The van der Waals surface area contributed by atoms with Crippen molar-refractivity contribution in [3.63, 3.8) is 0 Å². The number of fused-ring (bicyclic) bond motifs is 4. The van der Waals surface area contributed by atoms with Crippen molar-refractivity contribution in [2.24, 2.45) is 0 Å². The first-order valence-corrected chi connectivity index (χ1v) is 49.0. The molecular formula is C103H129FN24O14. The molecule has 4 fully saturated rings. The number of aliphatic carboxylic acids is 3. The summed E-state index contributed by atoms with van der Waals surface area (Å²) >= 11 is 0. The van der Waals surface area contributed by atoms with E-state index in [2.05, 4.69) is 161 Å². The van der Waals surface area contributed by atoms with Gasteiger partial charge in [-0.25, -0.2) is 43.7 Å². The highest BCUT2D eigenvalue weighted by molar-refractivity contribution is 5.93. The average molecular weight is 1950 g/mol. The lowest BCUT2D eigenvalue weighted by Crippen LogP contribution is -2.39. The van der Waals surface area contributed by atoms with Crippen molar-refractivity contribution in [2.45, 2.75) is 271 Å². The van der Waals surface area contributed by atoms with Gasteiger partial charge in [-0.2, -0.15) is 39.9 Å². The van der Waals surface area contributed by atoms with Crippen molar-refractivity contribution in [3.05, 3.63) is 198 Å². The van der Waals surface area contributed by atoms with E-state index < -0.39 is 47.3 Å². The van der Waals surface area contributed by atoms with Crippen LogP contribution in [0.2, 0.25) is 0 Å². The fourth-order valence-electron chi connectivity index (χ4n) is 17.5. The van der Waals surface area contributed by atoms with E-state index in [1.807, 2.05) is 45.0 Å². The summed E-state index contributed by atoms with van der Waals surface area (Å²) in [6, 6.07) is 35.5. The highest BCUT2D eigenvalue weighted by atomic mass is 19.1. The molecule has 0 bridgehead atoms. The number of amides is 2. The van der Waals surface area contributed by atoms with Gasteiger partial charge in [0.15, 0.2) is 67.9 Å². The third-order valence-electron chi connectivity index (χ3n) is 24.6. The molecule has 17 rings (SSSR count). The Kier molecular flexibility index (Phi) is 35.8. The lowest BCUT2D eigenvalue weighted by Gasteiger charge is -2.27. The molecule has 4 aliphatic rings. The van der Waals surface area contributed by atoms with Crippen LogP contribution in [0.4, 0.5) is 66.7 Å². The number of halogens is 1. The number of nitrogens with one attached hydrogen (secondary N) is 6. The number of benzene rings is 4. The quantitative estimate of drug-likeness (QED) is 0.00762. The van der Waals surface area contributed by atoms with Gasteiger partial charge < -0.3 is 88.9 Å². The second kappa shape index (κ2) is 49.4. The Bertz CT molecular complexity index is 6370. The molecule has 13 aromatic rings. The van der Waals surface area contributed by atoms with Gasteiger partial charge in [0, 0.05) is 51.1 Å². The fourth-order valence-corrected chi connectivity index (χ4v) is 17.5. The lowest BCUT2D eigenvalue weighted by atomic mass is 9.84. The molecule has 39 heteroatoms. The van der Waals surface area contributed by atoms with E-state index in [4.69, 9.17) is 28.3 Å². The molecule has 10 heterocycles. The lowest BCUT2D eigenvalue weighted by molar-refractivity contribution is -0.144. The molecule has 142 heavy (non-hydrogen) atoms. The Labute approximate surface area is 823 Å². The molecule has 2 amide bonds. The number of esters is 1. The van der Waals surface area contributed by atoms with E-state index in [0.717, 1.165) is 54.6 Å². The number of carboxylic acid groups (broad SMARTS) is 3. The number of unbranched alkanes of at least 4 members (excludes halogenated alkanes) is 2. The number of aromatic nitrogens is 16. The second-order valence-electron chi connectivity index (χ2n) is 37.8. The molecule has 0 spiro atoms. The molecule has 0 atom stereocenters. The third-order valence-corrected chi connectivity index (χ3v) is 24.6. The molecule has 9 N–H and O–H groups in total. The first-order chi connectivity index (χ1) is 68.6. The van der Waals surface area contributed by atoms with Crippen LogP contribution in [0.5, 0.6) is 0 Å². The molecule has 752 valence electrons. The first-order valence-electron chi connectivity index (χ1n) is 49.0. The second-order valence-corrected chi connectivity index (χ2v) is 37.8. The summed E-state index contributed by atoms with van der Waals surface area (Å²) in [7, 11) is 0. The molecule has 3 saturated carbocycles. The number of hydrogen-bond donors (Lipinski definition) is 9. The number of anilines is 9. The minimum atomic E-state index is -1.04. The number of furan rings is 1. The smallest absolute Gasteiger partial charge is 0.417 e. The van der Waals surface area contributed by atoms with E-state index >= 15 is 0 Å². The number of rotatable bonds is 36. The molecule has 1 saturated heterocycles. The summed E-state index contributed by atoms with van der Waals surface area (Å²) in [5.74, 6) is 1.79. The molecule has 4 aromatic carbocycles. The van der Waals surface area contributed by atoms with Crippen LogP contribution in [0, 0.1) is 5.82 Å². The molecule has 0 unspecified atom stereocenters. The van der Waals surface area contributed by atoms with Gasteiger partial charge in [-0.15, -0.1) is 6.58 Å². The van der Waals surface area contributed by atoms with Crippen molar-refractivity contribution >= 4 is 133 Å². The van der Waals surface area contributed by atoms with Gasteiger partial charge in [0.05, 0.1) is 51.3 Å².